The molecule has 0 aliphatic carbocycles. The number of amides is 1. The summed E-state index contributed by atoms with van der Waals surface area (Å²) in [5.41, 5.74) is 0.459. The van der Waals surface area contributed by atoms with Crippen LogP contribution in [0.5, 0.6) is 0 Å². The zero-order valence-corrected chi connectivity index (χ0v) is 15.8. The highest BCUT2D eigenvalue weighted by molar-refractivity contribution is 5.68. The van der Waals surface area contributed by atoms with Crippen molar-refractivity contribution in [1.29, 1.82) is 0 Å². The van der Waals surface area contributed by atoms with Crippen LogP contribution in [0.4, 0.5) is 22.4 Å². The van der Waals surface area contributed by atoms with Crippen molar-refractivity contribution in [2.24, 2.45) is 0 Å². The van der Waals surface area contributed by atoms with Crippen molar-refractivity contribution < 1.29 is 27.1 Å². The van der Waals surface area contributed by atoms with E-state index in [-0.39, 0.29) is 31.7 Å². The van der Waals surface area contributed by atoms with Gasteiger partial charge in [0.25, 0.3) is 0 Å². The molecule has 0 radical (unpaired) electrons. The van der Waals surface area contributed by atoms with Gasteiger partial charge in [-0.1, -0.05) is 12.1 Å². The van der Waals surface area contributed by atoms with E-state index < -0.39 is 29.5 Å². The Balaban J connectivity index is 1.90. The van der Waals surface area contributed by atoms with Crippen LogP contribution >= 0.6 is 0 Å². The van der Waals surface area contributed by atoms with Crippen LogP contribution in [0.2, 0.25) is 0 Å². The number of carbonyl (C=O) groups excluding carboxylic acids is 1. The van der Waals surface area contributed by atoms with Gasteiger partial charge >= 0.3 is 12.3 Å². The summed E-state index contributed by atoms with van der Waals surface area (Å²) in [6.07, 6.45) is -5.01. The molecule has 0 spiro atoms. The molecule has 1 amide bonds. The smallest absolute Gasteiger partial charge is 0.444 e. The highest BCUT2D eigenvalue weighted by atomic mass is 19.4. The quantitative estimate of drug-likeness (QED) is 0.704. The fourth-order valence-electron chi connectivity index (χ4n) is 3.08. The van der Waals surface area contributed by atoms with Crippen LogP contribution in [-0.2, 0) is 30.4 Å². The fourth-order valence-corrected chi connectivity index (χ4v) is 3.08. The van der Waals surface area contributed by atoms with Crippen molar-refractivity contribution in [1.82, 2.24) is 14.5 Å². The number of benzene rings is 1. The van der Waals surface area contributed by atoms with Crippen LogP contribution in [0.25, 0.3) is 0 Å². The zero-order chi connectivity index (χ0) is 20.7. The second-order valence-electron chi connectivity index (χ2n) is 7.69. The maximum Gasteiger partial charge on any atom is 0.449 e. The molecule has 2 heterocycles. The third kappa shape index (κ3) is 4.45. The van der Waals surface area contributed by atoms with Crippen LogP contribution in [0.15, 0.2) is 24.3 Å². The number of carbonyl (C=O) groups is 1. The molecule has 0 fully saturated rings. The zero-order valence-electron chi connectivity index (χ0n) is 15.8. The highest BCUT2D eigenvalue weighted by Gasteiger charge is 2.40. The molecule has 152 valence electrons. The number of hydrogen-bond acceptors (Lipinski definition) is 3. The first-order valence-electron chi connectivity index (χ1n) is 8.82. The summed E-state index contributed by atoms with van der Waals surface area (Å²) in [4.78, 5) is 17.4. The van der Waals surface area contributed by atoms with E-state index in [1.54, 1.807) is 20.8 Å². The fraction of sp³-hybridized carbons (Fsp3) is 0.474. The molecule has 0 saturated heterocycles. The van der Waals surface area contributed by atoms with Crippen LogP contribution in [-0.4, -0.2) is 32.7 Å². The Bertz CT molecular complexity index is 867. The lowest BCUT2D eigenvalue weighted by Crippen LogP contribution is -2.40. The van der Waals surface area contributed by atoms with E-state index in [2.05, 4.69) is 4.98 Å². The van der Waals surface area contributed by atoms with E-state index in [0.717, 1.165) is 4.57 Å². The molecular weight excluding hydrogens is 378 g/mol. The number of alkyl halides is 3. The molecule has 5 nitrogen and oxygen atoms in total. The molecule has 3 rings (SSSR count). The van der Waals surface area contributed by atoms with E-state index in [4.69, 9.17) is 4.74 Å². The highest BCUT2D eigenvalue weighted by Crippen LogP contribution is 2.33. The van der Waals surface area contributed by atoms with E-state index in [1.807, 2.05) is 0 Å². The standard InChI is InChI=1S/C19H21F4N3O2/c1-18(2,3)28-17(27)25-9-8-15-14(11-25)24-16(19(21,22)23)26(15)10-12-4-6-13(20)7-5-12/h4-7H,8-11H2,1-3H3. The van der Waals surface area contributed by atoms with Crippen molar-refractivity contribution in [2.45, 2.75) is 52.1 Å². The largest absolute Gasteiger partial charge is 0.449 e. The Labute approximate surface area is 159 Å². The second kappa shape index (κ2) is 7.10. The number of nitrogens with zero attached hydrogens (tertiary/aromatic N) is 3. The number of ether oxygens (including phenoxy) is 1. The summed E-state index contributed by atoms with van der Waals surface area (Å²) < 4.78 is 60.1. The first-order valence-corrected chi connectivity index (χ1v) is 8.82. The lowest BCUT2D eigenvalue weighted by atomic mass is 10.1. The number of fused-ring (bicyclic) bond motifs is 1. The van der Waals surface area contributed by atoms with Gasteiger partial charge in [-0.15, -0.1) is 0 Å². The van der Waals surface area contributed by atoms with Crippen LogP contribution in [0.3, 0.4) is 0 Å². The van der Waals surface area contributed by atoms with Gasteiger partial charge in [0.1, 0.15) is 11.4 Å². The lowest BCUT2D eigenvalue weighted by molar-refractivity contribution is -0.147. The Kier molecular flexibility index (Phi) is 5.12. The minimum atomic E-state index is -4.64. The van der Waals surface area contributed by atoms with Gasteiger partial charge in [0, 0.05) is 25.2 Å². The van der Waals surface area contributed by atoms with E-state index in [9.17, 15) is 22.4 Å². The van der Waals surface area contributed by atoms with Gasteiger partial charge in [0.05, 0.1) is 12.2 Å². The number of aromatic nitrogens is 2. The maximum atomic E-state index is 13.5. The molecule has 0 unspecified atom stereocenters. The predicted molar refractivity (Wildman–Crippen MR) is 93.1 cm³/mol. The van der Waals surface area contributed by atoms with Crippen molar-refractivity contribution >= 4 is 6.09 Å². The van der Waals surface area contributed by atoms with Gasteiger partial charge in [0.15, 0.2) is 0 Å². The van der Waals surface area contributed by atoms with Crippen molar-refractivity contribution in [3.8, 4) is 0 Å². The maximum absolute atomic E-state index is 13.5. The number of imidazole rings is 1. The molecule has 0 bridgehead atoms. The van der Waals surface area contributed by atoms with Crippen LogP contribution in [0.1, 0.15) is 43.5 Å². The number of rotatable bonds is 2. The normalized spacial score (nSPS) is 14.8. The first kappa shape index (κ1) is 20.2. The number of hydrogen-bond donors (Lipinski definition) is 0. The average Bonchev–Trinajstić information content (AvgIpc) is 2.93. The summed E-state index contributed by atoms with van der Waals surface area (Å²) >= 11 is 0. The van der Waals surface area contributed by atoms with Crippen molar-refractivity contribution in [3.05, 3.63) is 52.9 Å². The molecule has 9 heteroatoms. The Hall–Kier alpha value is -2.58. The van der Waals surface area contributed by atoms with Gasteiger partial charge in [0.2, 0.25) is 5.82 Å². The lowest BCUT2D eigenvalue weighted by Gasteiger charge is -2.30. The Morgan fingerprint density at radius 2 is 1.82 bits per heavy atom. The minimum absolute atomic E-state index is 0.0518. The molecule has 1 aromatic carbocycles. The molecule has 0 N–H and O–H groups in total. The topological polar surface area (TPSA) is 47.4 Å². The predicted octanol–water partition coefficient (Wildman–Crippen LogP) is 4.38. The number of halogens is 4. The van der Waals surface area contributed by atoms with E-state index >= 15 is 0 Å². The molecule has 1 aliphatic rings. The van der Waals surface area contributed by atoms with Gasteiger partial charge < -0.3 is 14.2 Å². The molecule has 28 heavy (non-hydrogen) atoms. The van der Waals surface area contributed by atoms with Crippen LogP contribution < -0.4 is 0 Å². The van der Waals surface area contributed by atoms with Gasteiger partial charge in [-0.2, -0.15) is 13.2 Å². The van der Waals surface area contributed by atoms with Gasteiger partial charge in [-0.05, 0) is 38.5 Å². The van der Waals surface area contributed by atoms with Crippen molar-refractivity contribution in [2.75, 3.05) is 6.54 Å². The Morgan fingerprint density at radius 1 is 1.18 bits per heavy atom. The third-order valence-corrected chi connectivity index (χ3v) is 4.27. The third-order valence-electron chi connectivity index (χ3n) is 4.27. The molecule has 0 atom stereocenters. The van der Waals surface area contributed by atoms with Gasteiger partial charge in [-0.3, -0.25) is 0 Å². The molecule has 2 aromatic rings. The SMILES string of the molecule is CC(C)(C)OC(=O)N1CCc2c(nc(C(F)(F)F)n2Cc2ccc(F)cc2)C1. The van der Waals surface area contributed by atoms with E-state index in [0.29, 0.717) is 11.3 Å². The molecular formula is C19H21F4N3O2. The molecule has 1 aliphatic heterocycles. The summed E-state index contributed by atoms with van der Waals surface area (Å²) in [5, 5.41) is 0. The summed E-state index contributed by atoms with van der Waals surface area (Å²) in [5.74, 6) is -1.48. The summed E-state index contributed by atoms with van der Waals surface area (Å²) in [7, 11) is 0. The Morgan fingerprint density at radius 3 is 2.39 bits per heavy atom. The summed E-state index contributed by atoms with van der Waals surface area (Å²) in [6.45, 7) is 5.26. The second-order valence-corrected chi connectivity index (χ2v) is 7.69. The first-order chi connectivity index (χ1) is 12.9. The average molecular weight is 399 g/mol. The van der Waals surface area contributed by atoms with E-state index in [1.165, 1.54) is 29.2 Å². The van der Waals surface area contributed by atoms with Crippen LogP contribution in [0, 0.1) is 5.82 Å². The van der Waals surface area contributed by atoms with Gasteiger partial charge in [-0.25, -0.2) is 14.2 Å². The monoisotopic (exact) mass is 399 g/mol. The van der Waals surface area contributed by atoms with Crippen molar-refractivity contribution in [3.63, 3.8) is 0 Å². The molecule has 1 aromatic heterocycles. The minimum Gasteiger partial charge on any atom is -0.444 e. The molecule has 0 saturated carbocycles. The summed E-state index contributed by atoms with van der Waals surface area (Å²) in [6, 6.07) is 5.29.